The van der Waals surface area contributed by atoms with Gasteiger partial charge in [-0.2, -0.15) is 0 Å². The van der Waals surface area contributed by atoms with E-state index < -0.39 is 10.0 Å². The molecule has 2 aromatic carbocycles. The molecule has 0 heterocycles. The van der Waals surface area contributed by atoms with Crippen molar-refractivity contribution < 1.29 is 22.7 Å². The normalized spacial score (nSPS) is 11.2. The Morgan fingerprint density at radius 1 is 1.03 bits per heavy atom. The minimum absolute atomic E-state index is 0.0160. The lowest BCUT2D eigenvalue weighted by molar-refractivity contribution is -0.130. The van der Waals surface area contributed by atoms with E-state index in [9.17, 15) is 18.0 Å². The van der Waals surface area contributed by atoms with Crippen molar-refractivity contribution in [3.05, 3.63) is 59.2 Å². The first-order valence-corrected chi connectivity index (χ1v) is 11.1. The van der Waals surface area contributed by atoms with E-state index in [1.165, 1.54) is 36.1 Å². The number of aryl methyl sites for hydroxylation is 2. The van der Waals surface area contributed by atoms with Gasteiger partial charge >= 0.3 is 0 Å². The van der Waals surface area contributed by atoms with E-state index in [2.05, 4.69) is 10.8 Å². The van der Waals surface area contributed by atoms with Crippen LogP contribution in [0, 0.1) is 13.8 Å². The first-order chi connectivity index (χ1) is 14.1. The summed E-state index contributed by atoms with van der Waals surface area (Å²) >= 11 is 0. The van der Waals surface area contributed by atoms with E-state index in [1.807, 2.05) is 26.0 Å². The fraction of sp³-hybridized carbons (Fsp3) is 0.364. The molecular weight excluding hydrogens is 404 g/mol. The van der Waals surface area contributed by atoms with Crippen LogP contribution < -0.4 is 9.46 Å². The molecular formula is C22H28N2O5S. The maximum absolute atomic E-state index is 12.3. The lowest BCUT2D eigenvalue weighted by Crippen LogP contribution is -2.34. The number of sulfonamides is 1. The maximum atomic E-state index is 12.3. The zero-order valence-electron chi connectivity index (χ0n) is 17.8. The molecule has 0 spiro atoms. The number of ketones is 1. The maximum Gasteiger partial charge on any atom is 0.240 e. The van der Waals surface area contributed by atoms with Gasteiger partial charge in [-0.3, -0.25) is 9.59 Å². The Balaban J connectivity index is 1.78. The molecule has 0 aromatic heterocycles. The summed E-state index contributed by atoms with van der Waals surface area (Å²) in [7, 11) is -2.09. The molecule has 0 saturated carbocycles. The van der Waals surface area contributed by atoms with Gasteiger partial charge < -0.3 is 9.64 Å². The fourth-order valence-electron chi connectivity index (χ4n) is 2.88. The topological polar surface area (TPSA) is 92.8 Å². The number of benzene rings is 2. The van der Waals surface area contributed by atoms with E-state index >= 15 is 0 Å². The van der Waals surface area contributed by atoms with Crippen LogP contribution in [0.5, 0.6) is 5.75 Å². The van der Waals surface area contributed by atoms with Crippen molar-refractivity contribution in [2.75, 3.05) is 26.7 Å². The van der Waals surface area contributed by atoms with Gasteiger partial charge in [0.2, 0.25) is 15.9 Å². The zero-order valence-corrected chi connectivity index (χ0v) is 18.6. The van der Waals surface area contributed by atoms with Gasteiger partial charge in [-0.1, -0.05) is 18.2 Å². The summed E-state index contributed by atoms with van der Waals surface area (Å²) in [5.41, 5.74) is 2.66. The van der Waals surface area contributed by atoms with E-state index in [-0.39, 0.29) is 29.6 Å². The van der Waals surface area contributed by atoms with Gasteiger partial charge in [0.15, 0.2) is 5.78 Å². The van der Waals surface area contributed by atoms with Crippen LogP contribution in [0.3, 0.4) is 0 Å². The third-order valence-electron chi connectivity index (χ3n) is 4.52. The summed E-state index contributed by atoms with van der Waals surface area (Å²) in [6.07, 6.45) is 0.0326. The summed E-state index contributed by atoms with van der Waals surface area (Å²) in [6.45, 7) is 6.13. The molecule has 0 aliphatic carbocycles. The summed E-state index contributed by atoms with van der Waals surface area (Å²) in [5, 5.41) is 0. The minimum atomic E-state index is -3.74. The second-order valence-corrected chi connectivity index (χ2v) is 8.98. The Labute approximate surface area is 178 Å². The highest BCUT2D eigenvalue weighted by molar-refractivity contribution is 7.89. The van der Waals surface area contributed by atoms with Crippen molar-refractivity contribution in [1.29, 1.82) is 0 Å². The second-order valence-electron chi connectivity index (χ2n) is 7.22. The lowest BCUT2D eigenvalue weighted by Gasteiger charge is -2.18. The Kier molecular flexibility index (Phi) is 8.14. The third-order valence-corrected chi connectivity index (χ3v) is 6.00. The average molecular weight is 433 g/mol. The number of nitrogens with zero attached hydrogens (tertiary/aromatic N) is 1. The van der Waals surface area contributed by atoms with Crippen molar-refractivity contribution in [1.82, 2.24) is 9.62 Å². The van der Waals surface area contributed by atoms with Crippen molar-refractivity contribution in [3.63, 3.8) is 0 Å². The van der Waals surface area contributed by atoms with Crippen LogP contribution in [0.4, 0.5) is 0 Å². The quantitative estimate of drug-likeness (QED) is 0.583. The van der Waals surface area contributed by atoms with E-state index in [1.54, 1.807) is 7.05 Å². The first-order valence-electron chi connectivity index (χ1n) is 9.64. The molecule has 2 aromatic rings. The number of rotatable bonds is 10. The summed E-state index contributed by atoms with van der Waals surface area (Å²) < 4.78 is 32.7. The molecule has 8 heteroatoms. The number of amides is 1. The Bertz CT molecular complexity index is 980. The number of carbonyl (C=O) groups is 2. The average Bonchev–Trinajstić information content (AvgIpc) is 2.67. The van der Waals surface area contributed by atoms with Gasteiger partial charge in [0.05, 0.1) is 11.4 Å². The zero-order chi connectivity index (χ0) is 22.3. The van der Waals surface area contributed by atoms with Gasteiger partial charge in [-0.15, -0.1) is 0 Å². The molecule has 0 atom stereocenters. The van der Waals surface area contributed by atoms with E-state index in [4.69, 9.17) is 4.74 Å². The first kappa shape index (κ1) is 23.6. The van der Waals surface area contributed by atoms with Crippen LogP contribution in [0.2, 0.25) is 0 Å². The molecule has 0 bridgehead atoms. The van der Waals surface area contributed by atoms with Crippen LogP contribution in [0.1, 0.15) is 34.8 Å². The molecule has 0 unspecified atom stereocenters. The number of carbonyl (C=O) groups excluding carboxylic acids is 2. The van der Waals surface area contributed by atoms with Crippen molar-refractivity contribution in [2.24, 2.45) is 0 Å². The predicted octanol–water partition coefficient (Wildman–Crippen LogP) is 2.71. The highest BCUT2D eigenvalue weighted by atomic mass is 32.2. The highest BCUT2D eigenvalue weighted by Gasteiger charge is 2.16. The van der Waals surface area contributed by atoms with Crippen LogP contribution in [0.25, 0.3) is 0 Å². The molecule has 162 valence electrons. The lowest BCUT2D eigenvalue weighted by atomic mass is 10.1. The van der Waals surface area contributed by atoms with Crippen LogP contribution in [0.15, 0.2) is 47.4 Å². The fourth-order valence-corrected chi connectivity index (χ4v) is 3.91. The molecule has 7 nitrogen and oxygen atoms in total. The third kappa shape index (κ3) is 6.96. The van der Waals surface area contributed by atoms with Gasteiger partial charge in [0.25, 0.3) is 0 Å². The summed E-state index contributed by atoms with van der Waals surface area (Å²) in [4.78, 5) is 25.1. The van der Waals surface area contributed by atoms with E-state index in [0.29, 0.717) is 18.7 Å². The van der Waals surface area contributed by atoms with Crippen molar-refractivity contribution >= 4 is 21.7 Å². The number of nitrogens with one attached hydrogen (secondary N) is 1. The number of likely N-dealkylation sites (N-methyl/N-ethyl adjacent to an activating group) is 1. The Morgan fingerprint density at radius 2 is 1.63 bits per heavy atom. The van der Waals surface area contributed by atoms with E-state index in [0.717, 1.165) is 16.9 Å². The largest absolute Gasteiger partial charge is 0.492 e. The van der Waals surface area contributed by atoms with Gasteiger partial charge in [0, 0.05) is 25.6 Å². The standard InChI is InChI=1S/C22H28N2O5S/c1-16-13-17(2)15-20(14-16)29-12-11-24(4)22(26)9-10-23-30(27,28)21-7-5-19(6-8-21)18(3)25/h5-8,13-15,23H,9-12H2,1-4H3. The molecule has 0 aliphatic rings. The minimum Gasteiger partial charge on any atom is -0.492 e. The summed E-state index contributed by atoms with van der Waals surface area (Å²) in [5.74, 6) is 0.438. The SMILES string of the molecule is CC(=O)c1ccc(S(=O)(=O)NCCC(=O)N(C)CCOc2cc(C)cc(C)c2)cc1. The van der Waals surface area contributed by atoms with Gasteiger partial charge in [0.1, 0.15) is 12.4 Å². The van der Waals surface area contributed by atoms with Crippen LogP contribution in [-0.4, -0.2) is 51.8 Å². The molecule has 0 fully saturated rings. The van der Waals surface area contributed by atoms with Crippen molar-refractivity contribution in [2.45, 2.75) is 32.1 Å². The number of hydrogen-bond donors (Lipinski definition) is 1. The molecule has 2 rings (SSSR count). The number of hydrogen-bond acceptors (Lipinski definition) is 5. The number of ether oxygens (including phenoxy) is 1. The highest BCUT2D eigenvalue weighted by Crippen LogP contribution is 2.16. The monoisotopic (exact) mass is 432 g/mol. The second kappa shape index (κ2) is 10.4. The Hall–Kier alpha value is -2.71. The molecule has 30 heavy (non-hydrogen) atoms. The Morgan fingerprint density at radius 3 is 2.20 bits per heavy atom. The molecule has 1 amide bonds. The molecule has 0 saturated heterocycles. The number of Topliss-reactive ketones (excluding diaryl/α,β-unsaturated/α-hetero) is 1. The van der Waals surface area contributed by atoms with Crippen molar-refractivity contribution in [3.8, 4) is 5.75 Å². The molecule has 0 radical (unpaired) electrons. The van der Waals surface area contributed by atoms with Gasteiger partial charge in [-0.05, 0) is 56.2 Å². The molecule has 0 aliphatic heterocycles. The molecule has 1 N–H and O–H groups in total. The predicted molar refractivity (Wildman–Crippen MR) is 115 cm³/mol. The van der Waals surface area contributed by atoms with Gasteiger partial charge in [-0.25, -0.2) is 13.1 Å². The van der Waals surface area contributed by atoms with Crippen LogP contribution >= 0.6 is 0 Å². The smallest absolute Gasteiger partial charge is 0.240 e. The van der Waals surface area contributed by atoms with Crippen LogP contribution in [-0.2, 0) is 14.8 Å². The summed E-state index contributed by atoms with van der Waals surface area (Å²) in [6, 6.07) is 11.6.